The van der Waals surface area contributed by atoms with Crippen molar-refractivity contribution in [2.75, 3.05) is 32.9 Å². The third kappa shape index (κ3) is 5.14. The molecule has 0 spiro atoms. The van der Waals surface area contributed by atoms with Crippen LogP contribution in [0.4, 0.5) is 0 Å². The third-order valence-electron chi connectivity index (χ3n) is 4.40. The Morgan fingerprint density at radius 2 is 2.07 bits per heavy atom. The smallest absolute Gasteiger partial charge is 0.251 e. The van der Waals surface area contributed by atoms with Crippen LogP contribution >= 0.6 is 11.8 Å². The Kier molecular flexibility index (Phi) is 6.58. The van der Waals surface area contributed by atoms with Crippen molar-refractivity contribution in [1.29, 1.82) is 0 Å². The lowest BCUT2D eigenvalue weighted by atomic mass is 10.1. The van der Waals surface area contributed by atoms with E-state index in [4.69, 9.17) is 4.42 Å². The summed E-state index contributed by atoms with van der Waals surface area (Å²) in [4.78, 5) is 28.4. The van der Waals surface area contributed by atoms with Crippen LogP contribution in [0.15, 0.2) is 47.1 Å². The highest BCUT2D eigenvalue weighted by Crippen LogP contribution is 2.39. The van der Waals surface area contributed by atoms with Gasteiger partial charge in [0.25, 0.3) is 5.91 Å². The second-order valence-electron chi connectivity index (χ2n) is 6.80. The van der Waals surface area contributed by atoms with E-state index in [1.54, 1.807) is 18.0 Å². The molecule has 0 saturated carbocycles. The summed E-state index contributed by atoms with van der Waals surface area (Å²) in [7, 11) is 4.03. The Morgan fingerprint density at radius 3 is 2.74 bits per heavy atom. The van der Waals surface area contributed by atoms with Crippen LogP contribution in [-0.4, -0.2) is 54.6 Å². The number of carbonyl (C=O) groups is 2. The predicted octanol–water partition coefficient (Wildman–Crippen LogP) is 2.74. The van der Waals surface area contributed by atoms with Gasteiger partial charge in [0, 0.05) is 12.1 Å². The highest BCUT2D eigenvalue weighted by molar-refractivity contribution is 8.00. The second kappa shape index (κ2) is 9.10. The van der Waals surface area contributed by atoms with Crippen molar-refractivity contribution in [3.8, 4) is 0 Å². The lowest BCUT2D eigenvalue weighted by Crippen LogP contribution is -2.28. The zero-order valence-corrected chi connectivity index (χ0v) is 16.5. The van der Waals surface area contributed by atoms with E-state index in [1.165, 1.54) is 0 Å². The standard InChI is InChI=1S/C20H25N3O3S/c1-22(2)11-4-10-21-19(25)15-6-8-16(9-7-15)20-23(18(24)14-27-20)13-17-5-3-12-26-17/h3,5-9,12,20H,4,10-11,13-14H2,1-2H3,(H,21,25)/t20-/m1/s1. The maximum Gasteiger partial charge on any atom is 0.251 e. The van der Waals surface area contributed by atoms with Crippen LogP contribution in [0.25, 0.3) is 0 Å². The zero-order valence-electron chi connectivity index (χ0n) is 15.7. The summed E-state index contributed by atoms with van der Waals surface area (Å²) >= 11 is 1.60. The highest BCUT2D eigenvalue weighted by Gasteiger charge is 2.33. The molecule has 0 unspecified atom stereocenters. The van der Waals surface area contributed by atoms with Crippen LogP contribution in [0, 0.1) is 0 Å². The van der Waals surface area contributed by atoms with Gasteiger partial charge in [-0.15, -0.1) is 11.8 Å². The molecule has 0 radical (unpaired) electrons. The van der Waals surface area contributed by atoms with Crippen molar-refractivity contribution in [3.63, 3.8) is 0 Å². The topological polar surface area (TPSA) is 65.8 Å². The van der Waals surface area contributed by atoms with Crippen molar-refractivity contribution in [3.05, 3.63) is 59.5 Å². The number of nitrogens with one attached hydrogen (secondary N) is 1. The summed E-state index contributed by atoms with van der Waals surface area (Å²) in [5.41, 5.74) is 1.65. The van der Waals surface area contributed by atoms with Crippen molar-refractivity contribution in [1.82, 2.24) is 15.1 Å². The van der Waals surface area contributed by atoms with Crippen LogP contribution in [-0.2, 0) is 11.3 Å². The average Bonchev–Trinajstić information content (AvgIpc) is 3.29. The van der Waals surface area contributed by atoms with E-state index in [0.29, 0.717) is 24.4 Å². The first kappa shape index (κ1) is 19.5. The molecule has 1 aromatic carbocycles. The molecule has 1 fully saturated rings. The fourth-order valence-electron chi connectivity index (χ4n) is 2.97. The Hall–Kier alpha value is -2.25. The maximum absolute atomic E-state index is 12.2. The fraction of sp³-hybridized carbons (Fsp3) is 0.400. The van der Waals surface area contributed by atoms with E-state index < -0.39 is 0 Å². The summed E-state index contributed by atoms with van der Waals surface area (Å²) < 4.78 is 5.38. The van der Waals surface area contributed by atoms with Gasteiger partial charge >= 0.3 is 0 Å². The maximum atomic E-state index is 12.2. The van der Waals surface area contributed by atoms with Crippen LogP contribution in [0.2, 0.25) is 0 Å². The van der Waals surface area contributed by atoms with Crippen LogP contribution in [0.1, 0.15) is 33.5 Å². The minimum absolute atomic E-state index is 0.0557. The number of rotatable bonds is 8. The first-order valence-corrected chi connectivity index (χ1v) is 10.1. The molecule has 27 heavy (non-hydrogen) atoms. The van der Waals surface area contributed by atoms with Crippen molar-refractivity contribution in [2.24, 2.45) is 0 Å². The molecule has 6 nitrogen and oxygen atoms in total. The van der Waals surface area contributed by atoms with Gasteiger partial charge in [0.2, 0.25) is 5.91 Å². The lowest BCUT2D eigenvalue weighted by molar-refractivity contribution is -0.128. The quantitative estimate of drug-likeness (QED) is 0.706. The number of nitrogens with zero attached hydrogens (tertiary/aromatic N) is 2. The van der Waals surface area contributed by atoms with Crippen molar-refractivity contribution in [2.45, 2.75) is 18.3 Å². The van der Waals surface area contributed by atoms with Gasteiger partial charge in [0.05, 0.1) is 18.6 Å². The first-order chi connectivity index (χ1) is 13.0. The number of hydrogen-bond donors (Lipinski definition) is 1. The minimum Gasteiger partial charge on any atom is -0.467 e. The number of carbonyl (C=O) groups excluding carboxylic acids is 2. The number of benzene rings is 1. The summed E-state index contributed by atoms with van der Waals surface area (Å²) in [6.45, 7) is 2.05. The van der Waals surface area contributed by atoms with Gasteiger partial charge in [-0.3, -0.25) is 9.59 Å². The van der Waals surface area contributed by atoms with E-state index >= 15 is 0 Å². The summed E-state index contributed by atoms with van der Waals surface area (Å²) in [5.74, 6) is 1.26. The molecular weight excluding hydrogens is 362 g/mol. The molecule has 0 bridgehead atoms. The van der Waals surface area contributed by atoms with Gasteiger partial charge in [-0.05, 0) is 56.9 Å². The number of thioether (sulfide) groups is 1. The predicted molar refractivity (Wildman–Crippen MR) is 106 cm³/mol. The van der Waals surface area contributed by atoms with Gasteiger partial charge in [-0.2, -0.15) is 0 Å². The second-order valence-corrected chi connectivity index (χ2v) is 7.87. The molecule has 0 aliphatic carbocycles. The van der Waals surface area contributed by atoms with E-state index in [2.05, 4.69) is 10.2 Å². The zero-order chi connectivity index (χ0) is 19.2. The van der Waals surface area contributed by atoms with Crippen LogP contribution < -0.4 is 5.32 Å². The lowest BCUT2D eigenvalue weighted by Gasteiger charge is -2.23. The number of hydrogen-bond acceptors (Lipinski definition) is 5. The Labute approximate surface area is 163 Å². The van der Waals surface area contributed by atoms with Gasteiger partial charge in [-0.25, -0.2) is 0 Å². The third-order valence-corrected chi connectivity index (χ3v) is 5.66. The fourth-order valence-corrected chi connectivity index (χ4v) is 4.16. The summed E-state index contributed by atoms with van der Waals surface area (Å²) in [5, 5.41) is 2.89. The Morgan fingerprint density at radius 1 is 1.30 bits per heavy atom. The monoisotopic (exact) mass is 387 g/mol. The molecule has 2 amide bonds. The molecule has 1 aliphatic heterocycles. The minimum atomic E-state index is -0.0668. The van der Waals surface area contributed by atoms with Crippen molar-refractivity contribution < 1.29 is 14.0 Å². The molecule has 2 heterocycles. The highest BCUT2D eigenvalue weighted by atomic mass is 32.2. The van der Waals surface area contributed by atoms with Gasteiger partial charge in [0.1, 0.15) is 11.1 Å². The largest absolute Gasteiger partial charge is 0.467 e. The summed E-state index contributed by atoms with van der Waals surface area (Å²) in [6.07, 6.45) is 2.53. The number of furan rings is 1. The van der Waals surface area contributed by atoms with E-state index in [0.717, 1.165) is 24.3 Å². The SMILES string of the molecule is CN(C)CCCNC(=O)c1ccc([C@H]2SCC(=O)N2Cc2ccco2)cc1. The molecule has 2 aromatic rings. The number of amides is 2. The normalized spacial score (nSPS) is 16.9. The first-order valence-electron chi connectivity index (χ1n) is 9.01. The van der Waals surface area contributed by atoms with Crippen LogP contribution in [0.5, 0.6) is 0 Å². The molecule has 1 saturated heterocycles. The Bertz CT molecular complexity index is 759. The Balaban J connectivity index is 1.60. The molecule has 1 N–H and O–H groups in total. The van der Waals surface area contributed by atoms with Gasteiger partial charge in [-0.1, -0.05) is 12.1 Å². The molecule has 1 aliphatic rings. The van der Waals surface area contributed by atoms with Crippen molar-refractivity contribution >= 4 is 23.6 Å². The average molecular weight is 388 g/mol. The van der Waals surface area contributed by atoms with E-state index in [9.17, 15) is 9.59 Å². The van der Waals surface area contributed by atoms with E-state index in [-0.39, 0.29) is 17.2 Å². The molecule has 1 atom stereocenters. The molecule has 144 valence electrons. The summed E-state index contributed by atoms with van der Waals surface area (Å²) in [6, 6.07) is 11.2. The molecule has 7 heteroatoms. The molecule has 3 rings (SSSR count). The molecule has 1 aromatic heterocycles. The van der Waals surface area contributed by atoms with E-state index in [1.807, 2.05) is 55.4 Å². The van der Waals surface area contributed by atoms with Gasteiger partial charge in [0.15, 0.2) is 0 Å². The van der Waals surface area contributed by atoms with Crippen LogP contribution in [0.3, 0.4) is 0 Å². The van der Waals surface area contributed by atoms with Gasteiger partial charge < -0.3 is 19.5 Å². The molecular formula is C20H25N3O3S.